The number of carbonyl (C=O) groups excluding carboxylic acids is 1. The minimum absolute atomic E-state index is 0.233. The molecule has 2 fully saturated rings. The first kappa shape index (κ1) is 18.6. The zero-order chi connectivity index (χ0) is 18.4. The molecule has 138 valence electrons. The summed E-state index contributed by atoms with van der Waals surface area (Å²) in [5.74, 6) is -1.36. The van der Waals surface area contributed by atoms with Gasteiger partial charge in [-0.1, -0.05) is 48.9 Å². The van der Waals surface area contributed by atoms with Crippen molar-refractivity contribution < 1.29 is 19.4 Å². The van der Waals surface area contributed by atoms with Crippen LogP contribution in [-0.4, -0.2) is 39.7 Å². The normalized spacial score (nSPS) is 22.4. The highest BCUT2D eigenvalue weighted by Crippen LogP contribution is 2.23. The molecule has 1 aromatic rings. The van der Waals surface area contributed by atoms with Crippen LogP contribution in [0.1, 0.15) is 43.2 Å². The van der Waals surface area contributed by atoms with Gasteiger partial charge in [-0.05, 0) is 24.0 Å². The van der Waals surface area contributed by atoms with Crippen molar-refractivity contribution in [1.29, 1.82) is 0 Å². The van der Waals surface area contributed by atoms with E-state index in [0.29, 0.717) is 17.9 Å². The summed E-state index contributed by atoms with van der Waals surface area (Å²) in [5, 5.41) is 18.8. The van der Waals surface area contributed by atoms with Crippen LogP contribution in [0.4, 0.5) is 0 Å². The lowest BCUT2D eigenvalue weighted by Crippen LogP contribution is -2.26. The van der Waals surface area contributed by atoms with Crippen LogP contribution in [0.2, 0.25) is 0 Å². The van der Waals surface area contributed by atoms with Gasteiger partial charge in [0.25, 0.3) is 0 Å². The van der Waals surface area contributed by atoms with E-state index in [-0.39, 0.29) is 12.3 Å². The van der Waals surface area contributed by atoms with Crippen molar-refractivity contribution in [3.8, 4) is 0 Å². The molecule has 1 unspecified atom stereocenters. The van der Waals surface area contributed by atoms with Crippen molar-refractivity contribution in [3.05, 3.63) is 35.4 Å². The lowest BCUT2D eigenvalue weighted by atomic mass is 10.1. The Balaban J connectivity index is 1.49. The van der Waals surface area contributed by atoms with Gasteiger partial charge in [-0.3, -0.25) is 9.59 Å². The SMILES string of the molecule is O=C(O)CC1SC(=NN=Cc2ccc(COC3CCCC3)cc2)NC1=O. The van der Waals surface area contributed by atoms with E-state index < -0.39 is 11.2 Å². The molecule has 0 radical (unpaired) electrons. The van der Waals surface area contributed by atoms with E-state index in [4.69, 9.17) is 9.84 Å². The van der Waals surface area contributed by atoms with Crippen LogP contribution in [0.15, 0.2) is 34.5 Å². The van der Waals surface area contributed by atoms with Crippen LogP contribution >= 0.6 is 11.8 Å². The Kier molecular flexibility index (Phi) is 6.40. The fraction of sp³-hybridized carbons (Fsp3) is 0.444. The number of amidine groups is 1. The molecule has 1 saturated heterocycles. The second-order valence-corrected chi connectivity index (χ2v) is 7.49. The van der Waals surface area contributed by atoms with Gasteiger partial charge in [-0.2, -0.15) is 5.10 Å². The standard InChI is InChI=1S/C18H21N3O4S/c22-16(23)9-15-17(24)20-18(26-15)21-19-10-12-5-7-13(8-6-12)11-25-14-3-1-2-4-14/h5-8,10,14-15H,1-4,9,11H2,(H,22,23)(H,20,21,24). The average molecular weight is 375 g/mol. The minimum atomic E-state index is -1.01. The van der Waals surface area contributed by atoms with Gasteiger partial charge < -0.3 is 15.2 Å². The second kappa shape index (κ2) is 8.95. The predicted molar refractivity (Wildman–Crippen MR) is 100 cm³/mol. The molecule has 1 aliphatic heterocycles. The average Bonchev–Trinajstić information content (AvgIpc) is 3.24. The van der Waals surface area contributed by atoms with Crippen LogP contribution in [0.5, 0.6) is 0 Å². The number of hydrogen-bond acceptors (Lipinski definition) is 6. The Hall–Kier alpha value is -2.19. The van der Waals surface area contributed by atoms with Crippen molar-refractivity contribution in [1.82, 2.24) is 5.32 Å². The number of nitrogens with zero attached hydrogens (tertiary/aromatic N) is 2. The van der Waals surface area contributed by atoms with E-state index in [9.17, 15) is 9.59 Å². The zero-order valence-electron chi connectivity index (χ0n) is 14.3. The van der Waals surface area contributed by atoms with E-state index in [1.807, 2.05) is 24.3 Å². The molecule has 1 amide bonds. The van der Waals surface area contributed by atoms with Gasteiger partial charge in [0.2, 0.25) is 5.91 Å². The molecule has 1 atom stereocenters. The molecule has 8 heteroatoms. The number of rotatable bonds is 7. The molecule has 3 rings (SSSR count). The molecule has 26 heavy (non-hydrogen) atoms. The largest absolute Gasteiger partial charge is 0.481 e. The molecular formula is C18H21N3O4S. The predicted octanol–water partition coefficient (Wildman–Crippen LogP) is 2.54. The summed E-state index contributed by atoms with van der Waals surface area (Å²) in [6, 6.07) is 7.87. The maximum absolute atomic E-state index is 11.6. The second-order valence-electron chi connectivity index (χ2n) is 6.30. The summed E-state index contributed by atoms with van der Waals surface area (Å²) in [6.07, 6.45) is 6.60. The van der Waals surface area contributed by atoms with E-state index in [1.54, 1.807) is 6.21 Å². The number of ether oxygens (including phenoxy) is 1. The molecule has 0 aromatic heterocycles. The van der Waals surface area contributed by atoms with Crippen molar-refractivity contribution in [3.63, 3.8) is 0 Å². The van der Waals surface area contributed by atoms with Gasteiger partial charge in [0.05, 0.1) is 25.3 Å². The quantitative estimate of drug-likeness (QED) is 0.563. The molecule has 1 aliphatic carbocycles. The van der Waals surface area contributed by atoms with Gasteiger partial charge >= 0.3 is 5.97 Å². The molecule has 1 saturated carbocycles. The zero-order valence-corrected chi connectivity index (χ0v) is 15.1. The lowest BCUT2D eigenvalue weighted by Gasteiger charge is -2.10. The number of thioether (sulfide) groups is 1. The maximum atomic E-state index is 11.6. The van der Waals surface area contributed by atoms with Crippen molar-refractivity contribution in [2.24, 2.45) is 10.2 Å². The molecule has 7 nitrogen and oxygen atoms in total. The number of carbonyl (C=O) groups is 2. The number of aliphatic carboxylic acids is 1. The van der Waals surface area contributed by atoms with Gasteiger partial charge in [0.1, 0.15) is 5.25 Å². The topological polar surface area (TPSA) is 100 Å². The number of carboxylic acid groups (broad SMARTS) is 1. The number of amides is 1. The Bertz CT molecular complexity index is 712. The van der Waals surface area contributed by atoms with E-state index in [1.165, 1.54) is 12.8 Å². The fourth-order valence-corrected chi connectivity index (χ4v) is 3.78. The van der Waals surface area contributed by atoms with Crippen LogP contribution in [0.3, 0.4) is 0 Å². The van der Waals surface area contributed by atoms with Crippen molar-refractivity contribution in [2.45, 2.75) is 50.1 Å². The molecule has 1 heterocycles. The Morgan fingerprint density at radius 1 is 1.31 bits per heavy atom. The summed E-state index contributed by atoms with van der Waals surface area (Å²) in [4.78, 5) is 22.3. The fourth-order valence-electron chi connectivity index (χ4n) is 2.86. The Morgan fingerprint density at radius 3 is 2.73 bits per heavy atom. The summed E-state index contributed by atoms with van der Waals surface area (Å²) in [7, 11) is 0. The molecule has 2 aliphatic rings. The third-order valence-electron chi connectivity index (χ3n) is 4.26. The molecular weight excluding hydrogens is 354 g/mol. The highest BCUT2D eigenvalue weighted by Gasteiger charge is 2.32. The van der Waals surface area contributed by atoms with Gasteiger partial charge in [0, 0.05) is 0 Å². The van der Waals surface area contributed by atoms with Crippen molar-refractivity contribution >= 4 is 35.0 Å². The summed E-state index contributed by atoms with van der Waals surface area (Å²) >= 11 is 1.08. The minimum Gasteiger partial charge on any atom is -0.481 e. The van der Waals surface area contributed by atoms with Crippen LogP contribution in [-0.2, 0) is 20.9 Å². The highest BCUT2D eigenvalue weighted by molar-refractivity contribution is 8.15. The third-order valence-corrected chi connectivity index (χ3v) is 5.33. The first-order valence-electron chi connectivity index (χ1n) is 8.61. The molecule has 0 spiro atoms. The Labute approximate surface area is 155 Å². The van der Waals surface area contributed by atoms with Gasteiger partial charge in [-0.15, -0.1) is 5.10 Å². The van der Waals surface area contributed by atoms with Gasteiger partial charge in [-0.25, -0.2) is 0 Å². The first-order chi connectivity index (χ1) is 12.6. The molecule has 2 N–H and O–H groups in total. The van der Waals surface area contributed by atoms with Gasteiger partial charge in [0.15, 0.2) is 5.17 Å². The number of carboxylic acids is 1. The van der Waals surface area contributed by atoms with E-state index in [2.05, 4.69) is 15.5 Å². The highest BCUT2D eigenvalue weighted by atomic mass is 32.2. The number of hydrogen-bond donors (Lipinski definition) is 2. The summed E-state index contributed by atoms with van der Waals surface area (Å²) < 4.78 is 5.88. The van der Waals surface area contributed by atoms with Crippen LogP contribution < -0.4 is 5.32 Å². The van der Waals surface area contributed by atoms with E-state index >= 15 is 0 Å². The smallest absolute Gasteiger partial charge is 0.305 e. The molecule has 1 aromatic carbocycles. The monoisotopic (exact) mass is 375 g/mol. The first-order valence-corrected chi connectivity index (χ1v) is 9.49. The van der Waals surface area contributed by atoms with Crippen molar-refractivity contribution in [2.75, 3.05) is 0 Å². The third kappa shape index (κ3) is 5.40. The van der Waals surface area contributed by atoms with Crippen LogP contribution in [0.25, 0.3) is 0 Å². The molecule has 0 bridgehead atoms. The van der Waals surface area contributed by atoms with E-state index in [0.717, 1.165) is 35.7 Å². The maximum Gasteiger partial charge on any atom is 0.305 e. The number of nitrogens with one attached hydrogen (secondary N) is 1. The summed E-state index contributed by atoms with van der Waals surface area (Å²) in [6.45, 7) is 0.623. The lowest BCUT2D eigenvalue weighted by molar-refractivity contribution is -0.138. The van der Waals surface area contributed by atoms with Crippen LogP contribution in [0, 0.1) is 0 Å². The Morgan fingerprint density at radius 2 is 2.04 bits per heavy atom. The summed E-state index contributed by atoms with van der Waals surface area (Å²) in [5.41, 5.74) is 2.01. The number of benzene rings is 1.